The molecule has 2 aliphatic rings. The van der Waals surface area contributed by atoms with Crippen molar-refractivity contribution in [3.8, 4) is 0 Å². The molecule has 2 aromatic carbocycles. The van der Waals surface area contributed by atoms with Crippen LogP contribution in [0.15, 0.2) is 54.6 Å². The van der Waals surface area contributed by atoms with E-state index in [0.717, 1.165) is 31.8 Å². The Hall–Kier alpha value is -2.02. The molecule has 0 bridgehead atoms. The van der Waals surface area contributed by atoms with Gasteiger partial charge in [-0.05, 0) is 23.1 Å². The summed E-state index contributed by atoms with van der Waals surface area (Å²) in [6, 6.07) is 18.8. The SMILES string of the molecule is O=C(NCC(O)CN1CCc2ccccc2C1)N1CCSC(c2ccccc2)C1. The predicted octanol–water partition coefficient (Wildman–Crippen LogP) is 2.91. The first-order chi connectivity index (χ1) is 14.2. The predicted molar refractivity (Wildman–Crippen MR) is 118 cm³/mol. The highest BCUT2D eigenvalue weighted by atomic mass is 32.2. The van der Waals surface area contributed by atoms with Gasteiger partial charge in [0.1, 0.15) is 0 Å². The number of nitrogens with one attached hydrogen (secondary N) is 1. The van der Waals surface area contributed by atoms with Gasteiger partial charge in [-0.1, -0.05) is 54.6 Å². The van der Waals surface area contributed by atoms with E-state index in [1.165, 1.54) is 16.7 Å². The summed E-state index contributed by atoms with van der Waals surface area (Å²) in [5, 5.41) is 13.7. The Morgan fingerprint density at radius 2 is 1.86 bits per heavy atom. The molecule has 2 aliphatic heterocycles. The molecule has 2 unspecified atom stereocenters. The summed E-state index contributed by atoms with van der Waals surface area (Å²) in [5.74, 6) is 0.933. The summed E-state index contributed by atoms with van der Waals surface area (Å²) >= 11 is 1.90. The lowest BCUT2D eigenvalue weighted by Crippen LogP contribution is -2.48. The molecule has 1 saturated heterocycles. The van der Waals surface area contributed by atoms with Crippen molar-refractivity contribution in [2.24, 2.45) is 0 Å². The lowest BCUT2D eigenvalue weighted by molar-refractivity contribution is 0.103. The number of rotatable bonds is 5. The fourth-order valence-corrected chi connectivity index (χ4v) is 5.34. The molecule has 0 radical (unpaired) electrons. The second kappa shape index (κ2) is 9.65. The molecule has 5 nitrogen and oxygen atoms in total. The number of thioether (sulfide) groups is 1. The summed E-state index contributed by atoms with van der Waals surface area (Å²) in [5.41, 5.74) is 4.01. The number of hydrogen-bond donors (Lipinski definition) is 2. The average molecular weight is 412 g/mol. The van der Waals surface area contributed by atoms with E-state index in [0.29, 0.717) is 18.3 Å². The molecule has 0 aliphatic carbocycles. The third kappa shape index (κ3) is 5.32. The van der Waals surface area contributed by atoms with Gasteiger partial charge in [0.05, 0.1) is 6.10 Å². The van der Waals surface area contributed by atoms with E-state index in [4.69, 9.17) is 0 Å². The van der Waals surface area contributed by atoms with E-state index in [1.54, 1.807) is 0 Å². The minimum atomic E-state index is -0.562. The van der Waals surface area contributed by atoms with Crippen LogP contribution in [0.5, 0.6) is 0 Å². The minimum absolute atomic E-state index is 0.0747. The number of fused-ring (bicyclic) bond motifs is 1. The first-order valence-electron chi connectivity index (χ1n) is 10.4. The van der Waals surface area contributed by atoms with Crippen LogP contribution in [0.25, 0.3) is 0 Å². The molecule has 29 heavy (non-hydrogen) atoms. The molecule has 1 fully saturated rings. The van der Waals surface area contributed by atoms with Gasteiger partial charge < -0.3 is 15.3 Å². The minimum Gasteiger partial charge on any atom is -0.390 e. The lowest BCUT2D eigenvalue weighted by atomic mass is 10.00. The van der Waals surface area contributed by atoms with Crippen molar-refractivity contribution in [3.63, 3.8) is 0 Å². The summed E-state index contributed by atoms with van der Waals surface area (Å²) in [6.07, 6.45) is 0.454. The molecule has 4 rings (SSSR count). The van der Waals surface area contributed by atoms with Crippen molar-refractivity contribution >= 4 is 17.8 Å². The van der Waals surface area contributed by atoms with Crippen LogP contribution in [0, 0.1) is 0 Å². The summed E-state index contributed by atoms with van der Waals surface area (Å²) in [4.78, 5) is 16.8. The van der Waals surface area contributed by atoms with E-state index < -0.39 is 6.10 Å². The van der Waals surface area contributed by atoms with Crippen molar-refractivity contribution < 1.29 is 9.90 Å². The van der Waals surface area contributed by atoms with Crippen LogP contribution in [-0.4, -0.2) is 65.5 Å². The third-order valence-corrected chi connectivity index (χ3v) is 6.93. The Morgan fingerprint density at radius 3 is 2.69 bits per heavy atom. The fraction of sp³-hybridized carbons (Fsp3) is 0.435. The van der Waals surface area contributed by atoms with Crippen molar-refractivity contribution in [3.05, 3.63) is 71.3 Å². The molecular formula is C23H29N3O2S. The van der Waals surface area contributed by atoms with Crippen LogP contribution < -0.4 is 5.32 Å². The van der Waals surface area contributed by atoms with Gasteiger partial charge in [-0.3, -0.25) is 4.90 Å². The monoisotopic (exact) mass is 411 g/mol. The number of nitrogens with zero attached hydrogens (tertiary/aromatic N) is 2. The fourth-order valence-electron chi connectivity index (χ4n) is 4.09. The number of amides is 2. The first kappa shape index (κ1) is 20.3. The number of aliphatic hydroxyl groups is 1. The van der Waals surface area contributed by atoms with Gasteiger partial charge in [-0.15, -0.1) is 0 Å². The first-order valence-corrected chi connectivity index (χ1v) is 11.4. The molecule has 2 heterocycles. The van der Waals surface area contributed by atoms with Gasteiger partial charge in [0, 0.05) is 50.3 Å². The highest BCUT2D eigenvalue weighted by Crippen LogP contribution is 2.32. The maximum Gasteiger partial charge on any atom is 0.317 e. The quantitative estimate of drug-likeness (QED) is 0.794. The van der Waals surface area contributed by atoms with E-state index in [9.17, 15) is 9.90 Å². The van der Waals surface area contributed by atoms with Crippen LogP contribution in [0.2, 0.25) is 0 Å². The molecular weight excluding hydrogens is 382 g/mol. The largest absolute Gasteiger partial charge is 0.390 e. The van der Waals surface area contributed by atoms with Crippen molar-refractivity contribution in [2.75, 3.05) is 38.5 Å². The topological polar surface area (TPSA) is 55.8 Å². The summed E-state index contributed by atoms with van der Waals surface area (Å²) < 4.78 is 0. The Balaban J connectivity index is 1.23. The molecule has 6 heteroatoms. The standard InChI is InChI=1S/C23H29N3O2S/c27-21(16-25-11-10-18-6-4-5-9-20(18)15-25)14-24-23(28)26-12-13-29-22(17-26)19-7-2-1-3-8-19/h1-9,21-22,27H,10-17H2,(H,24,28). The smallest absolute Gasteiger partial charge is 0.317 e. The van der Waals surface area contributed by atoms with Crippen LogP contribution in [0.4, 0.5) is 4.79 Å². The molecule has 2 aromatic rings. The van der Waals surface area contributed by atoms with Crippen molar-refractivity contribution in [1.29, 1.82) is 0 Å². The van der Waals surface area contributed by atoms with Crippen LogP contribution in [-0.2, 0) is 13.0 Å². The van der Waals surface area contributed by atoms with E-state index in [-0.39, 0.29) is 12.6 Å². The molecule has 2 N–H and O–H groups in total. The second-order valence-electron chi connectivity index (χ2n) is 7.81. The van der Waals surface area contributed by atoms with Gasteiger partial charge >= 0.3 is 6.03 Å². The number of aliphatic hydroxyl groups excluding tert-OH is 1. The number of β-amino-alcohol motifs (C(OH)–C–C–N with tert-alkyl or cyclic N) is 1. The number of carbonyl (C=O) groups is 1. The highest BCUT2D eigenvalue weighted by Gasteiger charge is 2.26. The van der Waals surface area contributed by atoms with E-state index >= 15 is 0 Å². The van der Waals surface area contributed by atoms with E-state index in [1.807, 2.05) is 34.9 Å². The van der Waals surface area contributed by atoms with Gasteiger partial charge in [-0.25, -0.2) is 4.79 Å². The average Bonchev–Trinajstić information content (AvgIpc) is 2.78. The lowest BCUT2D eigenvalue weighted by Gasteiger charge is -2.33. The van der Waals surface area contributed by atoms with Crippen LogP contribution in [0.1, 0.15) is 21.9 Å². The van der Waals surface area contributed by atoms with E-state index in [2.05, 4.69) is 46.6 Å². The highest BCUT2D eigenvalue weighted by molar-refractivity contribution is 7.99. The number of urea groups is 1. The Labute approximate surface area is 177 Å². The van der Waals surface area contributed by atoms with Gasteiger partial charge in [-0.2, -0.15) is 11.8 Å². The molecule has 0 spiro atoms. The van der Waals surface area contributed by atoms with Crippen molar-refractivity contribution in [1.82, 2.24) is 15.1 Å². The van der Waals surface area contributed by atoms with Gasteiger partial charge in [0.25, 0.3) is 0 Å². The number of carbonyl (C=O) groups excluding carboxylic acids is 1. The summed E-state index contributed by atoms with van der Waals surface area (Å²) in [7, 11) is 0. The zero-order valence-electron chi connectivity index (χ0n) is 16.7. The normalized spacial score (nSPS) is 20.7. The van der Waals surface area contributed by atoms with Gasteiger partial charge in [0.15, 0.2) is 0 Å². The van der Waals surface area contributed by atoms with Crippen LogP contribution in [0.3, 0.4) is 0 Å². The zero-order valence-corrected chi connectivity index (χ0v) is 17.5. The molecule has 0 aromatic heterocycles. The van der Waals surface area contributed by atoms with Crippen LogP contribution >= 0.6 is 11.8 Å². The maximum absolute atomic E-state index is 12.6. The summed E-state index contributed by atoms with van der Waals surface area (Å²) in [6.45, 7) is 4.14. The zero-order chi connectivity index (χ0) is 20.1. The number of hydrogen-bond acceptors (Lipinski definition) is 4. The Kier molecular flexibility index (Phi) is 6.74. The number of benzene rings is 2. The van der Waals surface area contributed by atoms with Gasteiger partial charge in [0.2, 0.25) is 0 Å². The third-order valence-electron chi connectivity index (χ3n) is 5.69. The molecule has 0 saturated carbocycles. The maximum atomic E-state index is 12.6. The molecule has 2 amide bonds. The Bertz CT molecular complexity index is 817. The Morgan fingerprint density at radius 1 is 1.10 bits per heavy atom. The molecule has 154 valence electrons. The van der Waals surface area contributed by atoms with Crippen molar-refractivity contribution in [2.45, 2.75) is 24.3 Å². The second-order valence-corrected chi connectivity index (χ2v) is 9.12. The molecule has 2 atom stereocenters.